The van der Waals surface area contributed by atoms with Crippen molar-refractivity contribution in [3.63, 3.8) is 0 Å². The number of nitrogens with one attached hydrogen (secondary N) is 2. The Bertz CT molecular complexity index is 548. The van der Waals surface area contributed by atoms with Gasteiger partial charge in [0, 0.05) is 51.9 Å². The maximum atomic E-state index is 4.52. The molecule has 0 saturated heterocycles. The van der Waals surface area contributed by atoms with E-state index in [1.54, 1.807) is 0 Å². The second-order valence-electron chi connectivity index (χ2n) is 4.69. The molecule has 2 rings (SSSR count). The Morgan fingerprint density at radius 3 is 2.65 bits per heavy atom. The number of anilines is 2. The molecule has 0 bridgehead atoms. The fourth-order valence-corrected chi connectivity index (χ4v) is 1.99. The van der Waals surface area contributed by atoms with E-state index in [-0.39, 0.29) is 0 Å². The van der Waals surface area contributed by atoms with Gasteiger partial charge in [0.25, 0.3) is 0 Å². The van der Waals surface area contributed by atoms with Gasteiger partial charge in [-0.3, -0.25) is 0 Å². The summed E-state index contributed by atoms with van der Waals surface area (Å²) in [5, 5.41) is 6.41. The summed E-state index contributed by atoms with van der Waals surface area (Å²) >= 11 is 0. The van der Waals surface area contributed by atoms with Gasteiger partial charge >= 0.3 is 0 Å². The lowest BCUT2D eigenvalue weighted by atomic mass is 10.3. The second-order valence-corrected chi connectivity index (χ2v) is 4.69. The number of rotatable bonds is 7. The Hall–Kier alpha value is -2.11. The molecule has 0 amide bonds. The summed E-state index contributed by atoms with van der Waals surface area (Å²) in [6.07, 6.45) is 6.58. The van der Waals surface area contributed by atoms with Crippen LogP contribution in [-0.4, -0.2) is 33.1 Å². The standard InChI is InChI=1S/C14H22N6/c1-4-5-11-18-12(15-2)10-13(19-11)16-7-6-14-17-8-9-20(14)3/h8-10H,4-7H2,1-3H3,(H2,15,16,18,19). The van der Waals surface area contributed by atoms with Crippen LogP contribution in [0.5, 0.6) is 0 Å². The predicted molar refractivity (Wildman–Crippen MR) is 81.0 cm³/mol. The summed E-state index contributed by atoms with van der Waals surface area (Å²) in [5.41, 5.74) is 0. The molecule has 0 spiro atoms. The Kier molecular flexibility index (Phi) is 4.92. The minimum absolute atomic E-state index is 0.802. The van der Waals surface area contributed by atoms with Gasteiger partial charge < -0.3 is 15.2 Å². The molecule has 6 heteroatoms. The Morgan fingerprint density at radius 1 is 1.20 bits per heavy atom. The first-order chi connectivity index (χ1) is 9.72. The topological polar surface area (TPSA) is 67.7 Å². The molecule has 2 N–H and O–H groups in total. The highest BCUT2D eigenvalue weighted by Crippen LogP contribution is 2.12. The van der Waals surface area contributed by atoms with Crippen LogP contribution in [0.1, 0.15) is 25.0 Å². The van der Waals surface area contributed by atoms with Gasteiger partial charge in [0.2, 0.25) is 0 Å². The van der Waals surface area contributed by atoms with Gasteiger partial charge in [0.1, 0.15) is 23.3 Å². The van der Waals surface area contributed by atoms with E-state index in [1.165, 1.54) is 0 Å². The highest BCUT2D eigenvalue weighted by molar-refractivity contribution is 5.47. The Labute approximate surface area is 119 Å². The van der Waals surface area contributed by atoms with Crippen molar-refractivity contribution in [1.82, 2.24) is 19.5 Å². The number of hydrogen-bond acceptors (Lipinski definition) is 5. The number of aryl methyl sites for hydroxylation is 2. The third kappa shape index (κ3) is 3.69. The minimum Gasteiger partial charge on any atom is -0.373 e. The lowest BCUT2D eigenvalue weighted by molar-refractivity contribution is 0.785. The molecule has 20 heavy (non-hydrogen) atoms. The molecular formula is C14H22N6. The van der Waals surface area contributed by atoms with Crippen molar-refractivity contribution in [2.45, 2.75) is 26.2 Å². The van der Waals surface area contributed by atoms with Gasteiger partial charge in [-0.15, -0.1) is 0 Å². The summed E-state index contributed by atoms with van der Waals surface area (Å²) in [7, 11) is 3.88. The predicted octanol–water partition coefficient (Wildman–Crippen LogP) is 1.86. The van der Waals surface area contributed by atoms with Crippen molar-refractivity contribution in [1.29, 1.82) is 0 Å². The van der Waals surface area contributed by atoms with E-state index in [1.807, 2.05) is 37.1 Å². The second kappa shape index (κ2) is 6.88. The maximum Gasteiger partial charge on any atom is 0.133 e. The number of imidazole rings is 1. The van der Waals surface area contributed by atoms with Crippen LogP contribution in [-0.2, 0) is 19.9 Å². The third-order valence-corrected chi connectivity index (χ3v) is 3.08. The fourth-order valence-electron chi connectivity index (χ4n) is 1.99. The molecule has 0 atom stereocenters. The van der Waals surface area contributed by atoms with Crippen LogP contribution in [0.2, 0.25) is 0 Å². The van der Waals surface area contributed by atoms with Crippen LogP contribution in [0.25, 0.3) is 0 Å². The summed E-state index contributed by atoms with van der Waals surface area (Å²) in [6.45, 7) is 2.93. The third-order valence-electron chi connectivity index (χ3n) is 3.08. The van der Waals surface area contributed by atoms with Gasteiger partial charge in [-0.1, -0.05) is 6.92 Å². The van der Waals surface area contributed by atoms with E-state index in [4.69, 9.17) is 0 Å². The van der Waals surface area contributed by atoms with Crippen molar-refractivity contribution < 1.29 is 0 Å². The molecule has 0 saturated carbocycles. The summed E-state index contributed by atoms with van der Waals surface area (Å²) < 4.78 is 2.03. The number of nitrogens with zero attached hydrogens (tertiary/aromatic N) is 4. The number of hydrogen-bond donors (Lipinski definition) is 2. The largest absolute Gasteiger partial charge is 0.373 e. The SMILES string of the molecule is CCCc1nc(NC)cc(NCCc2nccn2C)n1. The summed E-state index contributed by atoms with van der Waals surface area (Å²) in [4.78, 5) is 13.3. The van der Waals surface area contributed by atoms with E-state index in [0.717, 1.165) is 49.1 Å². The molecule has 0 radical (unpaired) electrons. The van der Waals surface area contributed by atoms with Gasteiger partial charge in [-0.25, -0.2) is 15.0 Å². The quantitative estimate of drug-likeness (QED) is 0.806. The van der Waals surface area contributed by atoms with Crippen LogP contribution in [0.15, 0.2) is 18.5 Å². The lowest BCUT2D eigenvalue weighted by Gasteiger charge is -2.09. The monoisotopic (exact) mass is 274 g/mol. The van der Waals surface area contributed by atoms with Crippen molar-refractivity contribution in [2.75, 3.05) is 24.2 Å². The molecule has 0 aliphatic carbocycles. The summed E-state index contributed by atoms with van der Waals surface area (Å²) in [6, 6.07) is 1.93. The molecule has 2 heterocycles. The molecule has 108 valence electrons. The molecule has 0 aliphatic heterocycles. The first-order valence-corrected chi connectivity index (χ1v) is 6.98. The van der Waals surface area contributed by atoms with Crippen molar-refractivity contribution >= 4 is 11.6 Å². The van der Waals surface area contributed by atoms with Gasteiger partial charge in [0.05, 0.1) is 0 Å². The maximum absolute atomic E-state index is 4.52. The average Bonchev–Trinajstić information content (AvgIpc) is 2.84. The van der Waals surface area contributed by atoms with E-state index in [0.29, 0.717) is 0 Å². The first kappa shape index (κ1) is 14.3. The van der Waals surface area contributed by atoms with E-state index in [2.05, 4.69) is 32.5 Å². The van der Waals surface area contributed by atoms with Gasteiger partial charge in [0.15, 0.2) is 0 Å². The molecule has 6 nitrogen and oxygen atoms in total. The van der Waals surface area contributed by atoms with Crippen molar-refractivity contribution in [3.05, 3.63) is 30.1 Å². The highest BCUT2D eigenvalue weighted by Gasteiger charge is 2.04. The van der Waals surface area contributed by atoms with Crippen LogP contribution in [0, 0.1) is 0 Å². The van der Waals surface area contributed by atoms with Crippen LogP contribution >= 0.6 is 0 Å². The van der Waals surface area contributed by atoms with Crippen LogP contribution < -0.4 is 10.6 Å². The molecule has 0 aliphatic rings. The van der Waals surface area contributed by atoms with Gasteiger partial charge in [-0.2, -0.15) is 0 Å². The first-order valence-electron chi connectivity index (χ1n) is 6.98. The zero-order valence-electron chi connectivity index (χ0n) is 12.3. The molecule has 0 unspecified atom stereocenters. The lowest BCUT2D eigenvalue weighted by Crippen LogP contribution is -2.11. The minimum atomic E-state index is 0.802. The van der Waals surface area contributed by atoms with Crippen LogP contribution in [0.3, 0.4) is 0 Å². The molecule has 2 aromatic heterocycles. The van der Waals surface area contributed by atoms with Crippen molar-refractivity contribution in [3.8, 4) is 0 Å². The van der Waals surface area contributed by atoms with E-state index < -0.39 is 0 Å². The summed E-state index contributed by atoms with van der Waals surface area (Å²) in [5.74, 6) is 3.65. The van der Waals surface area contributed by atoms with E-state index >= 15 is 0 Å². The van der Waals surface area contributed by atoms with E-state index in [9.17, 15) is 0 Å². The normalized spacial score (nSPS) is 10.6. The molecular weight excluding hydrogens is 252 g/mol. The average molecular weight is 274 g/mol. The molecule has 0 aromatic carbocycles. The smallest absolute Gasteiger partial charge is 0.133 e. The highest BCUT2D eigenvalue weighted by atomic mass is 15.1. The van der Waals surface area contributed by atoms with Gasteiger partial charge in [-0.05, 0) is 6.42 Å². The zero-order valence-corrected chi connectivity index (χ0v) is 12.3. The fraction of sp³-hybridized carbons (Fsp3) is 0.500. The van der Waals surface area contributed by atoms with Crippen molar-refractivity contribution in [2.24, 2.45) is 7.05 Å². The Balaban J connectivity index is 1.97. The van der Waals surface area contributed by atoms with Crippen LogP contribution in [0.4, 0.5) is 11.6 Å². The molecule has 0 fully saturated rings. The Morgan fingerprint density at radius 2 is 2.00 bits per heavy atom. The zero-order chi connectivity index (χ0) is 14.4. The number of aromatic nitrogens is 4. The molecule has 2 aromatic rings.